The molecule has 0 aliphatic carbocycles. The first kappa shape index (κ1) is 24.5. The number of ether oxygens (including phenoxy) is 1. The van der Waals surface area contributed by atoms with Gasteiger partial charge in [-0.15, -0.1) is 12.6 Å². The Kier molecular flexibility index (Phi) is 6.60. The summed E-state index contributed by atoms with van der Waals surface area (Å²) in [6.45, 7) is 7.19. The number of carbonyl (C=O) groups excluding carboxylic acids is 1. The minimum Gasteiger partial charge on any atom is -0.495 e. The van der Waals surface area contributed by atoms with E-state index in [1.54, 1.807) is 0 Å². The van der Waals surface area contributed by atoms with Crippen molar-refractivity contribution in [3.8, 4) is 5.75 Å². The van der Waals surface area contributed by atoms with E-state index in [1.807, 2.05) is 37.4 Å². The molecule has 0 radical (unpaired) electrons. The van der Waals surface area contributed by atoms with Crippen molar-refractivity contribution >= 4 is 18.5 Å². The van der Waals surface area contributed by atoms with Gasteiger partial charge in [0, 0.05) is 13.1 Å². The zero-order valence-electron chi connectivity index (χ0n) is 18.9. The van der Waals surface area contributed by atoms with Crippen molar-refractivity contribution in [1.29, 1.82) is 0 Å². The van der Waals surface area contributed by atoms with Crippen LogP contribution in [0, 0.1) is 12.3 Å². The Morgan fingerprint density at radius 1 is 1.19 bits per heavy atom. The van der Waals surface area contributed by atoms with E-state index in [0.717, 1.165) is 18.2 Å². The number of amides is 1. The van der Waals surface area contributed by atoms with Crippen LogP contribution >= 0.6 is 12.6 Å². The molecule has 0 saturated carbocycles. The summed E-state index contributed by atoms with van der Waals surface area (Å²) in [5.41, 5.74) is -0.552. The zero-order valence-corrected chi connectivity index (χ0v) is 19.8. The van der Waals surface area contributed by atoms with E-state index in [4.69, 9.17) is 4.74 Å². The van der Waals surface area contributed by atoms with E-state index in [0.29, 0.717) is 13.0 Å². The van der Waals surface area contributed by atoms with E-state index >= 15 is 0 Å². The van der Waals surface area contributed by atoms with Gasteiger partial charge in [-0.05, 0) is 43.0 Å². The number of likely N-dealkylation sites (tertiary alicyclic amines) is 1. The van der Waals surface area contributed by atoms with Crippen LogP contribution in [-0.2, 0) is 11.7 Å². The molecule has 1 unspecified atom stereocenters. The Morgan fingerprint density at radius 2 is 1.81 bits per heavy atom. The van der Waals surface area contributed by atoms with Crippen LogP contribution in [0.25, 0.3) is 0 Å². The molecule has 1 aliphatic rings. The van der Waals surface area contributed by atoms with E-state index in [1.165, 1.54) is 14.0 Å². The third-order valence-corrected chi connectivity index (χ3v) is 6.33. The van der Waals surface area contributed by atoms with Gasteiger partial charge in [0.1, 0.15) is 5.75 Å². The van der Waals surface area contributed by atoms with Gasteiger partial charge < -0.3 is 15.0 Å². The van der Waals surface area contributed by atoms with Crippen LogP contribution in [-0.4, -0.2) is 38.1 Å². The average Bonchev–Trinajstić information content (AvgIpc) is 2.67. The molecule has 0 aromatic heterocycles. The summed E-state index contributed by atoms with van der Waals surface area (Å²) in [6, 6.07) is 10.6. The number of nitrogens with one attached hydrogen (secondary N) is 1. The van der Waals surface area contributed by atoms with Crippen LogP contribution in [0.15, 0.2) is 41.3 Å². The maximum atomic E-state index is 13.6. The molecular formula is C24H29F3N2O2S. The summed E-state index contributed by atoms with van der Waals surface area (Å²) in [6.07, 6.45) is -3.93. The first-order valence-electron chi connectivity index (χ1n) is 10.3. The highest BCUT2D eigenvalue weighted by atomic mass is 32.1. The van der Waals surface area contributed by atoms with Gasteiger partial charge in [-0.3, -0.25) is 4.79 Å². The summed E-state index contributed by atoms with van der Waals surface area (Å²) in [4.78, 5) is 15.4. The first-order chi connectivity index (χ1) is 14.8. The van der Waals surface area contributed by atoms with Gasteiger partial charge in [0.05, 0.1) is 28.7 Å². The summed E-state index contributed by atoms with van der Waals surface area (Å²) >= 11 is 4.06. The van der Waals surface area contributed by atoms with Gasteiger partial charge in [0.25, 0.3) is 5.91 Å². The van der Waals surface area contributed by atoms with Gasteiger partial charge in [0.2, 0.25) is 0 Å². The first-order valence-corrected chi connectivity index (χ1v) is 10.8. The van der Waals surface area contributed by atoms with Crippen molar-refractivity contribution in [3.63, 3.8) is 0 Å². The molecule has 8 heteroatoms. The van der Waals surface area contributed by atoms with Crippen molar-refractivity contribution in [3.05, 3.63) is 58.7 Å². The number of hydrogen-bond donors (Lipinski definition) is 2. The SMILES string of the molecule is COc1c(S)c(C(F)(F)F)cc(C)c1C(=O)NC1(c2ccccc2)CN(C)CC(C)(C)C1. The molecule has 174 valence electrons. The van der Waals surface area contributed by atoms with Crippen molar-refractivity contribution in [2.24, 2.45) is 5.41 Å². The van der Waals surface area contributed by atoms with Gasteiger partial charge in [0.15, 0.2) is 0 Å². The highest BCUT2D eigenvalue weighted by Gasteiger charge is 2.45. The molecule has 1 N–H and O–H groups in total. The number of benzene rings is 2. The Bertz CT molecular complexity index is 1010. The number of carbonyl (C=O) groups is 1. The molecule has 2 aromatic carbocycles. The highest BCUT2D eigenvalue weighted by molar-refractivity contribution is 7.80. The fourth-order valence-electron chi connectivity index (χ4n) is 5.04. The van der Waals surface area contributed by atoms with Gasteiger partial charge in [-0.25, -0.2) is 0 Å². The van der Waals surface area contributed by atoms with Crippen molar-refractivity contribution in [2.75, 3.05) is 27.2 Å². The minimum atomic E-state index is -4.61. The molecular weight excluding hydrogens is 437 g/mol. The van der Waals surface area contributed by atoms with Crippen LogP contribution in [0.2, 0.25) is 0 Å². The second-order valence-electron chi connectivity index (χ2n) is 9.41. The highest BCUT2D eigenvalue weighted by Crippen LogP contribution is 2.43. The molecule has 1 amide bonds. The van der Waals surface area contributed by atoms with Gasteiger partial charge in [-0.2, -0.15) is 13.2 Å². The lowest BCUT2D eigenvalue weighted by Crippen LogP contribution is -2.60. The number of halogens is 3. The lowest BCUT2D eigenvalue weighted by Gasteiger charge is -2.49. The number of rotatable bonds is 4. The summed E-state index contributed by atoms with van der Waals surface area (Å²) in [5, 5.41) is 3.18. The second kappa shape index (κ2) is 8.63. The molecule has 1 fully saturated rings. The lowest BCUT2D eigenvalue weighted by atomic mass is 9.71. The third-order valence-electron chi connectivity index (χ3n) is 5.89. The molecule has 4 nitrogen and oxygen atoms in total. The van der Waals surface area contributed by atoms with E-state index in [9.17, 15) is 18.0 Å². The third kappa shape index (κ3) is 4.76. The van der Waals surface area contributed by atoms with Crippen LogP contribution < -0.4 is 10.1 Å². The maximum absolute atomic E-state index is 13.6. The maximum Gasteiger partial charge on any atom is 0.417 e. The number of alkyl halides is 3. The van der Waals surface area contributed by atoms with Crippen LogP contribution in [0.1, 0.15) is 47.3 Å². The lowest BCUT2D eigenvalue weighted by molar-refractivity contribution is -0.139. The molecule has 0 bridgehead atoms. The fraction of sp³-hybridized carbons (Fsp3) is 0.458. The molecule has 1 aliphatic heterocycles. The summed E-state index contributed by atoms with van der Waals surface area (Å²) < 4.78 is 45.6. The topological polar surface area (TPSA) is 41.6 Å². The number of aryl methyl sites for hydroxylation is 1. The van der Waals surface area contributed by atoms with Gasteiger partial charge >= 0.3 is 6.18 Å². The number of piperidine rings is 1. The van der Waals surface area contributed by atoms with E-state index in [-0.39, 0.29) is 22.3 Å². The van der Waals surface area contributed by atoms with E-state index in [2.05, 4.69) is 36.7 Å². The normalized spacial score (nSPS) is 21.3. The predicted octanol–water partition coefficient (Wildman–Crippen LogP) is 5.30. The standard InChI is InChI=1S/C24H29F3N2O2S/c1-15-11-17(24(25,26)27)20(32)19(31-5)18(15)21(30)28-23(16-9-7-6-8-10-16)12-22(2,3)13-29(4)14-23/h6-11,32H,12-14H2,1-5H3,(H,28,30). The Hall–Kier alpha value is -2.19. The monoisotopic (exact) mass is 466 g/mol. The quantitative estimate of drug-likeness (QED) is 0.601. The fourth-order valence-corrected chi connectivity index (χ4v) is 5.43. The second-order valence-corrected chi connectivity index (χ2v) is 9.86. The molecule has 3 rings (SSSR count). The smallest absolute Gasteiger partial charge is 0.417 e. The zero-order chi connectivity index (χ0) is 23.9. The van der Waals surface area contributed by atoms with Crippen molar-refractivity contribution in [1.82, 2.24) is 10.2 Å². The molecule has 1 heterocycles. The number of likely N-dealkylation sites (N-methyl/N-ethyl adjacent to an activating group) is 1. The summed E-state index contributed by atoms with van der Waals surface area (Å²) in [7, 11) is 3.25. The summed E-state index contributed by atoms with van der Waals surface area (Å²) in [5.74, 6) is -0.664. The Morgan fingerprint density at radius 3 is 2.34 bits per heavy atom. The predicted molar refractivity (Wildman–Crippen MR) is 121 cm³/mol. The molecule has 1 atom stereocenters. The van der Waals surface area contributed by atoms with Crippen molar-refractivity contribution in [2.45, 2.75) is 43.8 Å². The van der Waals surface area contributed by atoms with Crippen LogP contribution in [0.5, 0.6) is 5.75 Å². The number of thiol groups is 1. The number of hydrogen-bond acceptors (Lipinski definition) is 4. The van der Waals surface area contributed by atoms with Gasteiger partial charge in [-0.1, -0.05) is 44.2 Å². The molecule has 2 aromatic rings. The molecule has 1 saturated heterocycles. The number of methoxy groups -OCH3 is 1. The largest absolute Gasteiger partial charge is 0.495 e. The molecule has 32 heavy (non-hydrogen) atoms. The Balaban J connectivity index is 2.11. The Labute approximate surface area is 192 Å². The average molecular weight is 467 g/mol. The van der Waals surface area contributed by atoms with Crippen LogP contribution in [0.4, 0.5) is 13.2 Å². The van der Waals surface area contributed by atoms with E-state index < -0.39 is 28.1 Å². The van der Waals surface area contributed by atoms with Crippen LogP contribution in [0.3, 0.4) is 0 Å². The minimum absolute atomic E-state index is 0.0619. The molecule has 0 spiro atoms. The van der Waals surface area contributed by atoms with Crippen molar-refractivity contribution < 1.29 is 22.7 Å². The number of nitrogens with zero attached hydrogens (tertiary/aromatic N) is 1.